The quantitative estimate of drug-likeness (QED) is 0.665. The van der Waals surface area contributed by atoms with E-state index >= 15 is 0 Å². The van der Waals surface area contributed by atoms with E-state index < -0.39 is 22.3 Å². The summed E-state index contributed by atoms with van der Waals surface area (Å²) in [5, 5.41) is 20.3. The van der Waals surface area contributed by atoms with Crippen molar-refractivity contribution in [3.63, 3.8) is 0 Å². The summed E-state index contributed by atoms with van der Waals surface area (Å²) in [6.45, 7) is 6.43. The van der Waals surface area contributed by atoms with E-state index in [0.717, 1.165) is 4.90 Å². The Bertz CT molecular complexity index is 622. The van der Waals surface area contributed by atoms with Gasteiger partial charge in [0.25, 0.3) is 11.6 Å². The molecule has 7 nitrogen and oxygen atoms in total. The van der Waals surface area contributed by atoms with Gasteiger partial charge >= 0.3 is 5.97 Å². The molecule has 0 aliphatic carbocycles. The van der Waals surface area contributed by atoms with Crippen molar-refractivity contribution in [3.8, 4) is 0 Å². The largest absolute Gasteiger partial charge is 0.480 e. The molecule has 1 N–H and O–H groups in total. The van der Waals surface area contributed by atoms with E-state index in [0.29, 0.717) is 5.56 Å². The van der Waals surface area contributed by atoms with Crippen LogP contribution in [0.2, 0.25) is 0 Å². The van der Waals surface area contributed by atoms with Crippen molar-refractivity contribution in [1.29, 1.82) is 0 Å². The molecule has 0 radical (unpaired) electrons. The molecule has 0 bridgehead atoms. The predicted octanol–water partition coefficient (Wildman–Crippen LogP) is 2.65. The number of rotatable bonds is 5. The first-order valence-electron chi connectivity index (χ1n) is 6.80. The summed E-state index contributed by atoms with van der Waals surface area (Å²) >= 11 is 0. The lowest BCUT2D eigenvalue weighted by molar-refractivity contribution is -0.385. The lowest BCUT2D eigenvalue weighted by Gasteiger charge is -2.31. The molecule has 0 saturated heterocycles. The number of aliphatic carboxylic acids is 1. The minimum atomic E-state index is -1.41. The summed E-state index contributed by atoms with van der Waals surface area (Å²) < 4.78 is 0. The Morgan fingerprint density at radius 1 is 1.32 bits per heavy atom. The molecule has 0 aromatic heterocycles. The Kier molecular flexibility index (Phi) is 4.91. The molecule has 0 unspecified atom stereocenters. The van der Waals surface area contributed by atoms with Crippen LogP contribution in [0.1, 0.15) is 49.5 Å². The molecule has 0 atom stereocenters. The van der Waals surface area contributed by atoms with Crippen molar-refractivity contribution < 1.29 is 19.6 Å². The number of nitro groups is 1. The van der Waals surface area contributed by atoms with Gasteiger partial charge in [-0.15, -0.1) is 0 Å². The second-order valence-electron chi connectivity index (χ2n) is 5.91. The van der Waals surface area contributed by atoms with Gasteiger partial charge in [-0.1, -0.05) is 19.9 Å². The Morgan fingerprint density at radius 3 is 2.27 bits per heavy atom. The third-order valence-electron chi connectivity index (χ3n) is 3.76. The van der Waals surface area contributed by atoms with Crippen molar-refractivity contribution in [2.75, 3.05) is 7.05 Å². The topological polar surface area (TPSA) is 101 Å². The van der Waals surface area contributed by atoms with E-state index in [9.17, 15) is 19.7 Å². The van der Waals surface area contributed by atoms with E-state index in [2.05, 4.69) is 0 Å². The van der Waals surface area contributed by atoms with Gasteiger partial charge < -0.3 is 10.0 Å². The average Bonchev–Trinajstić information content (AvgIpc) is 2.44. The standard InChI is InChI=1S/C15H20N2O5/c1-9(2)11-7-6-10(8-12(11)17(21)22)13(18)16(5)15(3,4)14(19)20/h6-9H,1-5H3,(H,19,20). The Balaban J connectivity index is 3.28. The molecule has 1 aromatic rings. The summed E-state index contributed by atoms with van der Waals surface area (Å²) in [5.74, 6) is -1.79. The van der Waals surface area contributed by atoms with Crippen molar-refractivity contribution >= 4 is 17.6 Å². The zero-order chi connectivity index (χ0) is 17.2. The zero-order valence-electron chi connectivity index (χ0n) is 13.3. The molecular weight excluding hydrogens is 288 g/mol. The second kappa shape index (κ2) is 6.13. The van der Waals surface area contributed by atoms with E-state index in [-0.39, 0.29) is 17.2 Å². The van der Waals surface area contributed by atoms with Crippen LogP contribution in [0.5, 0.6) is 0 Å². The highest BCUT2D eigenvalue weighted by Gasteiger charge is 2.36. The number of carboxylic acids is 1. The number of hydrogen-bond donors (Lipinski definition) is 1. The maximum absolute atomic E-state index is 12.4. The average molecular weight is 308 g/mol. The van der Waals surface area contributed by atoms with Crippen molar-refractivity contribution in [2.45, 2.75) is 39.2 Å². The maximum Gasteiger partial charge on any atom is 0.329 e. The number of carbonyl (C=O) groups is 2. The number of nitrogens with zero attached hydrogens (tertiary/aromatic N) is 2. The molecule has 120 valence electrons. The van der Waals surface area contributed by atoms with Gasteiger partial charge in [0.1, 0.15) is 5.54 Å². The summed E-state index contributed by atoms with van der Waals surface area (Å²) in [7, 11) is 1.36. The molecule has 0 aliphatic heterocycles. The predicted molar refractivity (Wildman–Crippen MR) is 81.0 cm³/mol. The van der Waals surface area contributed by atoms with Gasteiger partial charge in [0.05, 0.1) is 4.92 Å². The monoisotopic (exact) mass is 308 g/mol. The van der Waals surface area contributed by atoms with Crippen molar-refractivity contribution in [2.24, 2.45) is 0 Å². The van der Waals surface area contributed by atoms with Gasteiger partial charge in [-0.2, -0.15) is 0 Å². The number of carboxylic acid groups (broad SMARTS) is 1. The fourth-order valence-corrected chi connectivity index (χ4v) is 1.91. The molecule has 0 spiro atoms. The van der Waals surface area contributed by atoms with Crippen LogP contribution >= 0.6 is 0 Å². The summed E-state index contributed by atoms with van der Waals surface area (Å²) in [5.41, 5.74) is -0.931. The van der Waals surface area contributed by atoms with Gasteiger partial charge in [0.2, 0.25) is 0 Å². The third kappa shape index (κ3) is 3.24. The minimum absolute atomic E-state index is 0.0576. The van der Waals surface area contributed by atoms with E-state index in [1.165, 1.54) is 39.1 Å². The Hall–Kier alpha value is -2.44. The normalized spacial score (nSPS) is 11.4. The van der Waals surface area contributed by atoms with Crippen LogP contribution < -0.4 is 0 Å². The molecule has 0 saturated carbocycles. The number of amides is 1. The fourth-order valence-electron chi connectivity index (χ4n) is 1.91. The molecule has 1 amide bonds. The molecule has 0 aliphatic rings. The number of hydrogen-bond acceptors (Lipinski definition) is 4. The van der Waals surface area contributed by atoms with Crippen molar-refractivity contribution in [3.05, 3.63) is 39.4 Å². The van der Waals surface area contributed by atoms with E-state index in [1.54, 1.807) is 0 Å². The van der Waals surface area contributed by atoms with E-state index in [4.69, 9.17) is 5.11 Å². The van der Waals surface area contributed by atoms with Crippen molar-refractivity contribution in [1.82, 2.24) is 4.90 Å². The number of nitro benzene ring substituents is 1. The van der Waals surface area contributed by atoms with Crippen LogP contribution in [-0.2, 0) is 4.79 Å². The maximum atomic E-state index is 12.4. The smallest absolute Gasteiger partial charge is 0.329 e. The highest BCUT2D eigenvalue weighted by molar-refractivity contribution is 5.98. The molecule has 1 aromatic carbocycles. The third-order valence-corrected chi connectivity index (χ3v) is 3.76. The van der Waals surface area contributed by atoms with Crippen LogP contribution in [0.3, 0.4) is 0 Å². The second-order valence-corrected chi connectivity index (χ2v) is 5.91. The number of carbonyl (C=O) groups excluding carboxylic acids is 1. The molecular formula is C15H20N2O5. The van der Waals surface area contributed by atoms with Crippen LogP contribution in [0.15, 0.2) is 18.2 Å². The molecule has 0 fully saturated rings. The summed E-state index contributed by atoms with van der Waals surface area (Å²) in [6.07, 6.45) is 0. The van der Waals surface area contributed by atoms with Gasteiger partial charge in [-0.3, -0.25) is 14.9 Å². The number of likely N-dealkylation sites (N-methyl/N-ethyl adjacent to an activating group) is 1. The highest BCUT2D eigenvalue weighted by atomic mass is 16.6. The fraction of sp³-hybridized carbons (Fsp3) is 0.467. The van der Waals surface area contributed by atoms with Crippen LogP contribution in [-0.4, -0.2) is 39.4 Å². The molecule has 1 rings (SSSR count). The van der Waals surface area contributed by atoms with E-state index in [1.807, 2.05) is 13.8 Å². The molecule has 7 heteroatoms. The first-order valence-corrected chi connectivity index (χ1v) is 6.80. The summed E-state index contributed by atoms with van der Waals surface area (Å²) in [4.78, 5) is 35.3. The zero-order valence-corrected chi connectivity index (χ0v) is 13.3. The van der Waals surface area contributed by atoms with Crippen LogP contribution in [0.25, 0.3) is 0 Å². The summed E-state index contributed by atoms with van der Waals surface area (Å²) in [6, 6.07) is 4.23. The van der Waals surface area contributed by atoms with Crippen LogP contribution in [0, 0.1) is 10.1 Å². The van der Waals surface area contributed by atoms with Gasteiger partial charge in [0.15, 0.2) is 0 Å². The minimum Gasteiger partial charge on any atom is -0.480 e. The Labute approximate surface area is 128 Å². The lowest BCUT2D eigenvalue weighted by atomic mass is 9.97. The van der Waals surface area contributed by atoms with Gasteiger partial charge in [0, 0.05) is 24.2 Å². The Morgan fingerprint density at radius 2 is 1.86 bits per heavy atom. The molecule has 0 heterocycles. The number of benzene rings is 1. The van der Waals surface area contributed by atoms with Gasteiger partial charge in [-0.25, -0.2) is 4.79 Å². The van der Waals surface area contributed by atoms with Gasteiger partial charge in [-0.05, 0) is 25.8 Å². The first kappa shape index (κ1) is 17.6. The highest BCUT2D eigenvalue weighted by Crippen LogP contribution is 2.28. The molecule has 22 heavy (non-hydrogen) atoms. The first-order chi connectivity index (χ1) is 10.00. The lowest BCUT2D eigenvalue weighted by Crippen LogP contribution is -2.50. The van der Waals surface area contributed by atoms with Crippen LogP contribution in [0.4, 0.5) is 5.69 Å². The SMILES string of the molecule is CC(C)c1ccc(C(=O)N(C)C(C)(C)C(=O)O)cc1[N+](=O)[O-].